The Hall–Kier alpha value is -0.570. The van der Waals surface area contributed by atoms with Crippen molar-refractivity contribution in [3.05, 3.63) is 0 Å². The maximum atomic E-state index is 12.4. The van der Waals surface area contributed by atoms with Gasteiger partial charge in [-0.25, -0.2) is 0 Å². The molecule has 18 heavy (non-hydrogen) atoms. The molecule has 0 N–H and O–H groups in total. The van der Waals surface area contributed by atoms with E-state index in [0.717, 1.165) is 38.5 Å². The summed E-state index contributed by atoms with van der Waals surface area (Å²) in [5.74, 6) is 0.355. The lowest BCUT2D eigenvalue weighted by Crippen LogP contribution is -2.41. The van der Waals surface area contributed by atoms with Crippen LogP contribution in [0.5, 0.6) is 0 Å². The number of ether oxygens (including phenoxy) is 2. The van der Waals surface area contributed by atoms with Gasteiger partial charge in [-0.2, -0.15) is 0 Å². The fraction of sp³-hybridized carbons (Fsp3) is 0.933. The van der Waals surface area contributed by atoms with Crippen LogP contribution in [0.1, 0.15) is 59.3 Å². The Morgan fingerprint density at radius 1 is 1.44 bits per heavy atom. The highest BCUT2D eigenvalue weighted by Crippen LogP contribution is 2.45. The highest BCUT2D eigenvalue weighted by molar-refractivity contribution is 5.78. The molecular formula is C15H28O3. The maximum Gasteiger partial charge on any atom is 0.314 e. The molecule has 0 saturated heterocycles. The highest BCUT2D eigenvalue weighted by Gasteiger charge is 2.50. The fourth-order valence-corrected chi connectivity index (χ4v) is 2.88. The van der Waals surface area contributed by atoms with Crippen molar-refractivity contribution in [3.63, 3.8) is 0 Å². The van der Waals surface area contributed by atoms with Crippen LogP contribution in [0.15, 0.2) is 0 Å². The van der Waals surface area contributed by atoms with Crippen molar-refractivity contribution >= 4 is 5.97 Å². The van der Waals surface area contributed by atoms with Crippen molar-refractivity contribution in [1.82, 2.24) is 0 Å². The minimum Gasteiger partial charge on any atom is -0.465 e. The zero-order chi connectivity index (χ0) is 13.6. The molecule has 0 bridgehead atoms. The van der Waals surface area contributed by atoms with Crippen molar-refractivity contribution in [3.8, 4) is 0 Å². The molecule has 1 aliphatic rings. The smallest absolute Gasteiger partial charge is 0.314 e. The average Bonchev–Trinajstić information content (AvgIpc) is 2.77. The van der Waals surface area contributed by atoms with Crippen LogP contribution in [0.4, 0.5) is 0 Å². The maximum absolute atomic E-state index is 12.4. The van der Waals surface area contributed by atoms with E-state index < -0.39 is 0 Å². The Morgan fingerprint density at radius 2 is 2.17 bits per heavy atom. The summed E-state index contributed by atoms with van der Waals surface area (Å²) in [5.41, 5.74) is -0.375. The van der Waals surface area contributed by atoms with E-state index in [1.807, 2.05) is 0 Å². The number of rotatable bonds is 7. The normalized spacial score (nSPS) is 27.7. The van der Waals surface area contributed by atoms with Gasteiger partial charge >= 0.3 is 5.97 Å². The summed E-state index contributed by atoms with van der Waals surface area (Å²) in [6, 6.07) is 0. The van der Waals surface area contributed by atoms with E-state index in [1.165, 1.54) is 0 Å². The number of hydrogen-bond donors (Lipinski definition) is 0. The molecule has 3 heteroatoms. The van der Waals surface area contributed by atoms with E-state index in [1.54, 1.807) is 7.11 Å². The summed E-state index contributed by atoms with van der Waals surface area (Å²) in [4.78, 5) is 12.4. The average molecular weight is 256 g/mol. The van der Waals surface area contributed by atoms with E-state index in [0.29, 0.717) is 12.5 Å². The molecule has 2 unspecified atom stereocenters. The Labute approximate surface area is 111 Å². The predicted molar refractivity (Wildman–Crippen MR) is 72.4 cm³/mol. The van der Waals surface area contributed by atoms with Crippen LogP contribution < -0.4 is 0 Å². The molecule has 0 amide bonds. The molecular weight excluding hydrogens is 228 g/mol. The molecule has 0 spiro atoms. The van der Waals surface area contributed by atoms with Crippen molar-refractivity contribution < 1.29 is 14.3 Å². The number of hydrogen-bond acceptors (Lipinski definition) is 3. The van der Waals surface area contributed by atoms with Crippen molar-refractivity contribution in [1.29, 1.82) is 0 Å². The van der Waals surface area contributed by atoms with Gasteiger partial charge in [-0.1, -0.05) is 33.6 Å². The molecule has 0 aromatic heterocycles. The summed E-state index contributed by atoms with van der Waals surface area (Å²) < 4.78 is 11.1. The van der Waals surface area contributed by atoms with Crippen LogP contribution in [-0.4, -0.2) is 25.8 Å². The van der Waals surface area contributed by atoms with Crippen LogP contribution in [0.25, 0.3) is 0 Å². The SMILES string of the molecule is CCCCC1(C(=O)OCC(C)C)CCCC1OC. The predicted octanol–water partition coefficient (Wildman–Crippen LogP) is 3.56. The minimum atomic E-state index is -0.375. The first kappa shape index (κ1) is 15.5. The van der Waals surface area contributed by atoms with E-state index >= 15 is 0 Å². The third kappa shape index (κ3) is 3.47. The summed E-state index contributed by atoms with van der Waals surface area (Å²) in [6.07, 6.45) is 6.09. The van der Waals surface area contributed by atoms with Crippen LogP contribution in [-0.2, 0) is 14.3 Å². The molecule has 1 fully saturated rings. The van der Waals surface area contributed by atoms with E-state index in [9.17, 15) is 4.79 Å². The minimum absolute atomic E-state index is 0.0333. The number of carbonyl (C=O) groups is 1. The highest BCUT2D eigenvalue weighted by atomic mass is 16.5. The molecule has 0 aliphatic heterocycles. The quantitative estimate of drug-likeness (QED) is 0.653. The zero-order valence-electron chi connectivity index (χ0n) is 12.3. The molecule has 0 radical (unpaired) electrons. The van der Waals surface area contributed by atoms with E-state index in [-0.39, 0.29) is 17.5 Å². The molecule has 0 aromatic rings. The zero-order valence-corrected chi connectivity index (χ0v) is 12.3. The molecule has 106 valence electrons. The molecule has 2 atom stereocenters. The van der Waals surface area contributed by atoms with Crippen LogP contribution in [0, 0.1) is 11.3 Å². The molecule has 0 aromatic carbocycles. The van der Waals surface area contributed by atoms with E-state index in [4.69, 9.17) is 9.47 Å². The van der Waals surface area contributed by atoms with Gasteiger partial charge in [0.1, 0.15) is 0 Å². The van der Waals surface area contributed by atoms with Crippen LogP contribution in [0.3, 0.4) is 0 Å². The molecule has 1 saturated carbocycles. The van der Waals surface area contributed by atoms with Crippen molar-refractivity contribution in [2.24, 2.45) is 11.3 Å². The number of carbonyl (C=O) groups excluding carboxylic acids is 1. The first-order valence-electron chi connectivity index (χ1n) is 7.26. The second-order valence-electron chi connectivity index (χ2n) is 5.87. The fourth-order valence-electron chi connectivity index (χ4n) is 2.88. The van der Waals surface area contributed by atoms with Gasteiger partial charge < -0.3 is 9.47 Å². The summed E-state index contributed by atoms with van der Waals surface area (Å²) in [6.45, 7) is 6.80. The summed E-state index contributed by atoms with van der Waals surface area (Å²) >= 11 is 0. The third-order valence-electron chi connectivity index (χ3n) is 3.92. The lowest BCUT2D eigenvalue weighted by molar-refractivity contribution is -0.165. The lowest BCUT2D eigenvalue weighted by atomic mass is 9.79. The second-order valence-corrected chi connectivity index (χ2v) is 5.87. The lowest BCUT2D eigenvalue weighted by Gasteiger charge is -2.32. The monoisotopic (exact) mass is 256 g/mol. The topological polar surface area (TPSA) is 35.5 Å². The van der Waals surface area contributed by atoms with Gasteiger partial charge in [-0.3, -0.25) is 4.79 Å². The molecule has 1 rings (SSSR count). The molecule has 0 heterocycles. The Kier molecular flexibility index (Phi) is 6.13. The second kappa shape index (κ2) is 7.13. The first-order chi connectivity index (χ1) is 8.56. The van der Waals surface area contributed by atoms with Gasteiger partial charge in [0, 0.05) is 7.11 Å². The number of methoxy groups -OCH3 is 1. The van der Waals surface area contributed by atoms with Crippen LogP contribution in [0.2, 0.25) is 0 Å². The molecule has 3 nitrogen and oxygen atoms in total. The van der Waals surface area contributed by atoms with Gasteiger partial charge in [-0.15, -0.1) is 0 Å². The van der Waals surface area contributed by atoms with Gasteiger partial charge in [0.2, 0.25) is 0 Å². The molecule has 1 aliphatic carbocycles. The Morgan fingerprint density at radius 3 is 2.72 bits per heavy atom. The van der Waals surface area contributed by atoms with Gasteiger partial charge in [0.05, 0.1) is 18.1 Å². The number of esters is 1. The van der Waals surface area contributed by atoms with Crippen molar-refractivity contribution in [2.45, 2.75) is 65.4 Å². The van der Waals surface area contributed by atoms with E-state index in [2.05, 4.69) is 20.8 Å². The Balaban J connectivity index is 2.73. The largest absolute Gasteiger partial charge is 0.465 e. The first-order valence-corrected chi connectivity index (χ1v) is 7.26. The standard InChI is InChI=1S/C15H28O3/c1-5-6-9-15(10-7-8-13(15)17-4)14(16)18-11-12(2)3/h12-13H,5-11H2,1-4H3. The van der Waals surface area contributed by atoms with Crippen LogP contribution >= 0.6 is 0 Å². The number of unbranched alkanes of at least 4 members (excludes halogenated alkanes) is 1. The third-order valence-corrected chi connectivity index (χ3v) is 3.92. The summed E-state index contributed by atoms with van der Waals surface area (Å²) in [7, 11) is 1.71. The summed E-state index contributed by atoms with van der Waals surface area (Å²) in [5, 5.41) is 0. The van der Waals surface area contributed by atoms with Gasteiger partial charge in [0.15, 0.2) is 0 Å². The van der Waals surface area contributed by atoms with Crippen molar-refractivity contribution in [2.75, 3.05) is 13.7 Å². The van der Waals surface area contributed by atoms with Gasteiger partial charge in [-0.05, 0) is 31.6 Å². The Bertz CT molecular complexity index is 262. The van der Waals surface area contributed by atoms with Gasteiger partial charge in [0.25, 0.3) is 0 Å².